The molecule has 2 aromatic heterocycles. The number of likely N-dealkylation sites (tertiary alicyclic amines) is 1. The molecule has 0 spiro atoms. The van der Waals surface area contributed by atoms with Crippen molar-refractivity contribution in [2.75, 3.05) is 13.1 Å². The van der Waals surface area contributed by atoms with Crippen LogP contribution in [0.1, 0.15) is 45.2 Å². The lowest BCUT2D eigenvalue weighted by atomic mass is 9.93. The van der Waals surface area contributed by atoms with E-state index in [-0.39, 0.29) is 12.0 Å². The molecule has 162 valence electrons. The zero-order valence-corrected chi connectivity index (χ0v) is 18.7. The summed E-state index contributed by atoms with van der Waals surface area (Å²) in [7, 11) is 0. The zero-order valence-electron chi connectivity index (χ0n) is 18.0. The summed E-state index contributed by atoms with van der Waals surface area (Å²) in [6, 6.07) is 11.5. The molecule has 3 heterocycles. The fraction of sp³-hybridized carbons (Fsp3) is 0.391. The second-order valence-corrected chi connectivity index (χ2v) is 9.10. The first-order chi connectivity index (χ1) is 14.8. The van der Waals surface area contributed by atoms with Crippen LogP contribution in [0.5, 0.6) is 0 Å². The van der Waals surface area contributed by atoms with Gasteiger partial charge in [-0.3, -0.25) is 0 Å². The van der Waals surface area contributed by atoms with Gasteiger partial charge in [-0.25, -0.2) is 19.4 Å². The Bertz CT molecular complexity index is 1040. The van der Waals surface area contributed by atoms with Gasteiger partial charge in [-0.1, -0.05) is 23.7 Å². The molecule has 0 saturated carbocycles. The lowest BCUT2D eigenvalue weighted by Gasteiger charge is -2.33. The largest absolute Gasteiger partial charge is 0.444 e. The predicted octanol–water partition coefficient (Wildman–Crippen LogP) is 5.10. The van der Waals surface area contributed by atoms with Crippen molar-refractivity contribution in [1.82, 2.24) is 24.6 Å². The van der Waals surface area contributed by atoms with Gasteiger partial charge in [-0.05, 0) is 57.9 Å². The number of rotatable bonds is 3. The molecule has 0 atom stereocenters. The van der Waals surface area contributed by atoms with E-state index >= 15 is 0 Å². The van der Waals surface area contributed by atoms with Gasteiger partial charge in [-0.15, -0.1) is 0 Å². The second-order valence-electron chi connectivity index (χ2n) is 8.66. The number of amides is 1. The minimum Gasteiger partial charge on any atom is -0.444 e. The van der Waals surface area contributed by atoms with Crippen LogP contribution in [-0.2, 0) is 4.74 Å². The Kier molecular flexibility index (Phi) is 5.96. The molecule has 1 fully saturated rings. The van der Waals surface area contributed by atoms with E-state index in [9.17, 15) is 4.79 Å². The predicted molar refractivity (Wildman–Crippen MR) is 119 cm³/mol. The maximum Gasteiger partial charge on any atom is 0.410 e. The van der Waals surface area contributed by atoms with Crippen LogP contribution in [0, 0.1) is 0 Å². The van der Waals surface area contributed by atoms with E-state index in [0.29, 0.717) is 24.1 Å². The standard InChI is InChI=1S/C23H26ClN5O2/c1-23(2,3)31-22(30)28-13-9-17(10-14-28)20-15-19(16-5-7-18(24)8-6-16)27-29(20)21-25-11-4-12-26-21/h4-8,11-12,15,17H,9-10,13-14H2,1-3H3. The van der Waals surface area contributed by atoms with Crippen molar-refractivity contribution < 1.29 is 9.53 Å². The third kappa shape index (κ3) is 5.05. The first kappa shape index (κ1) is 21.3. The number of carbonyl (C=O) groups is 1. The van der Waals surface area contributed by atoms with Crippen molar-refractivity contribution in [2.45, 2.75) is 45.1 Å². The molecule has 8 heteroatoms. The topological polar surface area (TPSA) is 73.1 Å². The van der Waals surface area contributed by atoms with Crippen LogP contribution in [0.25, 0.3) is 17.2 Å². The van der Waals surface area contributed by atoms with Crippen LogP contribution in [0.15, 0.2) is 48.8 Å². The van der Waals surface area contributed by atoms with Crippen LogP contribution < -0.4 is 0 Å². The first-order valence-corrected chi connectivity index (χ1v) is 10.8. The molecule has 31 heavy (non-hydrogen) atoms. The molecule has 1 amide bonds. The van der Waals surface area contributed by atoms with Crippen molar-refractivity contribution in [3.05, 3.63) is 59.5 Å². The van der Waals surface area contributed by atoms with E-state index in [4.69, 9.17) is 21.4 Å². The highest BCUT2D eigenvalue weighted by Crippen LogP contribution is 2.33. The van der Waals surface area contributed by atoms with Crippen LogP contribution in [0.4, 0.5) is 4.79 Å². The van der Waals surface area contributed by atoms with Gasteiger partial charge >= 0.3 is 6.09 Å². The number of ether oxygens (including phenoxy) is 1. The Balaban J connectivity index is 1.59. The number of nitrogens with zero attached hydrogens (tertiary/aromatic N) is 5. The average Bonchev–Trinajstić information content (AvgIpc) is 3.19. The van der Waals surface area contributed by atoms with Crippen LogP contribution in [0.3, 0.4) is 0 Å². The molecular formula is C23H26ClN5O2. The summed E-state index contributed by atoms with van der Waals surface area (Å²) in [6.45, 7) is 6.92. The summed E-state index contributed by atoms with van der Waals surface area (Å²) in [5.41, 5.74) is 2.37. The molecule has 7 nitrogen and oxygen atoms in total. The molecule has 0 aliphatic carbocycles. The van der Waals surface area contributed by atoms with Gasteiger partial charge in [0.05, 0.1) is 11.4 Å². The van der Waals surface area contributed by atoms with Crippen LogP contribution in [-0.4, -0.2) is 49.4 Å². The third-order valence-corrected chi connectivity index (χ3v) is 5.44. The Morgan fingerprint density at radius 2 is 1.74 bits per heavy atom. The molecule has 3 aromatic rings. The van der Waals surface area contributed by atoms with E-state index in [0.717, 1.165) is 29.8 Å². The van der Waals surface area contributed by atoms with E-state index in [2.05, 4.69) is 16.0 Å². The van der Waals surface area contributed by atoms with E-state index in [1.54, 1.807) is 23.4 Å². The maximum absolute atomic E-state index is 12.4. The van der Waals surface area contributed by atoms with E-state index in [1.165, 1.54) is 0 Å². The third-order valence-electron chi connectivity index (χ3n) is 5.18. The van der Waals surface area contributed by atoms with Gasteiger partial charge in [0, 0.05) is 42.0 Å². The van der Waals surface area contributed by atoms with Crippen molar-refractivity contribution in [1.29, 1.82) is 0 Å². The second kappa shape index (κ2) is 8.67. The molecule has 1 aliphatic heterocycles. The number of piperidine rings is 1. The van der Waals surface area contributed by atoms with Crippen LogP contribution >= 0.6 is 11.6 Å². The maximum atomic E-state index is 12.4. The number of carbonyl (C=O) groups excluding carboxylic acids is 1. The van der Waals surface area contributed by atoms with Crippen molar-refractivity contribution in [3.63, 3.8) is 0 Å². The van der Waals surface area contributed by atoms with Crippen molar-refractivity contribution >= 4 is 17.7 Å². The summed E-state index contributed by atoms with van der Waals surface area (Å²) >= 11 is 6.04. The highest BCUT2D eigenvalue weighted by atomic mass is 35.5. The van der Waals surface area contributed by atoms with Gasteiger partial charge in [-0.2, -0.15) is 5.10 Å². The lowest BCUT2D eigenvalue weighted by molar-refractivity contribution is 0.0203. The molecule has 1 saturated heterocycles. The minimum atomic E-state index is -0.495. The van der Waals surface area contributed by atoms with Crippen molar-refractivity contribution in [3.8, 4) is 17.2 Å². The average molecular weight is 440 g/mol. The summed E-state index contributed by atoms with van der Waals surface area (Å²) < 4.78 is 7.34. The molecule has 0 radical (unpaired) electrons. The SMILES string of the molecule is CC(C)(C)OC(=O)N1CCC(c2cc(-c3ccc(Cl)cc3)nn2-c2ncccn2)CC1. The number of aromatic nitrogens is 4. The molecule has 4 rings (SSSR count). The highest BCUT2D eigenvalue weighted by Gasteiger charge is 2.30. The van der Waals surface area contributed by atoms with E-state index < -0.39 is 5.60 Å². The van der Waals surface area contributed by atoms with Gasteiger partial charge in [0.2, 0.25) is 0 Å². The van der Waals surface area contributed by atoms with Crippen LogP contribution in [0.2, 0.25) is 5.02 Å². The molecule has 1 aliphatic rings. The Morgan fingerprint density at radius 1 is 1.10 bits per heavy atom. The summed E-state index contributed by atoms with van der Waals surface area (Å²) in [5, 5.41) is 5.49. The number of hydrogen-bond acceptors (Lipinski definition) is 5. The monoisotopic (exact) mass is 439 g/mol. The lowest BCUT2D eigenvalue weighted by Crippen LogP contribution is -2.41. The smallest absolute Gasteiger partial charge is 0.410 e. The number of benzene rings is 1. The zero-order chi connectivity index (χ0) is 22.0. The summed E-state index contributed by atoms with van der Waals surface area (Å²) in [5.74, 6) is 0.767. The van der Waals surface area contributed by atoms with Crippen molar-refractivity contribution in [2.24, 2.45) is 0 Å². The van der Waals surface area contributed by atoms with Gasteiger partial charge in [0.15, 0.2) is 0 Å². The molecule has 0 N–H and O–H groups in total. The molecule has 1 aromatic carbocycles. The summed E-state index contributed by atoms with van der Waals surface area (Å²) in [4.78, 5) is 23.0. The quantitative estimate of drug-likeness (QED) is 0.567. The van der Waals surface area contributed by atoms with E-state index in [1.807, 2.05) is 49.7 Å². The molecule has 0 bridgehead atoms. The number of hydrogen-bond donors (Lipinski definition) is 0. The molecular weight excluding hydrogens is 414 g/mol. The van der Waals surface area contributed by atoms with Gasteiger partial charge in [0.1, 0.15) is 5.60 Å². The highest BCUT2D eigenvalue weighted by molar-refractivity contribution is 6.30. The fourth-order valence-electron chi connectivity index (χ4n) is 3.69. The Labute approximate surface area is 187 Å². The minimum absolute atomic E-state index is 0.232. The summed E-state index contributed by atoms with van der Waals surface area (Å²) in [6.07, 6.45) is 4.80. The normalized spacial score (nSPS) is 15.2. The van der Waals surface area contributed by atoms with Gasteiger partial charge in [0.25, 0.3) is 5.95 Å². The Hall–Kier alpha value is -2.93. The fourth-order valence-corrected chi connectivity index (χ4v) is 3.82. The Morgan fingerprint density at radius 3 is 2.35 bits per heavy atom. The molecule has 0 unspecified atom stereocenters. The van der Waals surface area contributed by atoms with Gasteiger partial charge < -0.3 is 9.64 Å². The number of halogens is 1. The first-order valence-electron chi connectivity index (χ1n) is 10.4.